The topological polar surface area (TPSA) is 3.24 Å². The number of nitrogens with zero attached hydrogens (tertiary/aromatic N) is 1. The fourth-order valence-electron chi connectivity index (χ4n) is 2.89. The van der Waals surface area contributed by atoms with E-state index in [-0.39, 0.29) is 5.41 Å². The molecule has 0 N–H and O–H groups in total. The third kappa shape index (κ3) is 4.23. The maximum absolute atomic E-state index is 6.40. The zero-order chi connectivity index (χ0) is 18.7. The lowest BCUT2D eigenvalue weighted by molar-refractivity contribution is 0.590. The molecular formula is C22H22Cl2NP. The van der Waals surface area contributed by atoms with Crippen LogP contribution < -0.4 is 10.2 Å². The summed E-state index contributed by atoms with van der Waals surface area (Å²) in [5.41, 5.74) is 4.48. The summed E-state index contributed by atoms with van der Waals surface area (Å²) in [4.78, 5) is 2.23. The molecule has 0 saturated carbocycles. The van der Waals surface area contributed by atoms with Gasteiger partial charge < -0.3 is 4.90 Å². The van der Waals surface area contributed by atoms with E-state index in [4.69, 9.17) is 22.5 Å². The molecule has 0 fully saturated rings. The van der Waals surface area contributed by atoms with E-state index in [1.54, 1.807) is 0 Å². The highest BCUT2D eigenvalue weighted by Gasteiger charge is 2.23. The maximum Gasteiger partial charge on any atom is 0.119 e. The van der Waals surface area contributed by atoms with Crippen molar-refractivity contribution < 1.29 is 0 Å². The molecule has 0 saturated heterocycles. The highest BCUT2D eigenvalue weighted by molar-refractivity contribution is 8.09. The maximum atomic E-state index is 6.40. The molecule has 0 spiro atoms. The monoisotopic (exact) mass is 401 g/mol. The molecule has 0 amide bonds. The molecule has 0 aliphatic rings. The quantitative estimate of drug-likeness (QED) is 0.402. The summed E-state index contributed by atoms with van der Waals surface area (Å²) in [5, 5.41) is 0.962. The molecule has 3 aromatic carbocycles. The number of hydrogen-bond acceptors (Lipinski definition) is 1. The highest BCUT2D eigenvalue weighted by Crippen LogP contribution is 2.50. The summed E-state index contributed by atoms with van der Waals surface area (Å²) in [7, 11) is 0. The second kappa shape index (κ2) is 8.01. The Balaban J connectivity index is 2.26. The van der Waals surface area contributed by atoms with Gasteiger partial charge in [-0.1, -0.05) is 85.7 Å². The molecule has 3 rings (SSSR count). The SMILES string of the molecule is CC(C)(C)c1ccc(P(Cl)Cl)c(N(c2ccccc2)c2ccccc2)c1. The molecule has 0 heterocycles. The predicted molar refractivity (Wildman–Crippen MR) is 118 cm³/mol. The van der Waals surface area contributed by atoms with Crippen molar-refractivity contribution in [3.63, 3.8) is 0 Å². The summed E-state index contributed by atoms with van der Waals surface area (Å²) in [6, 6.07) is 27.1. The van der Waals surface area contributed by atoms with Crippen LogP contribution >= 0.6 is 29.1 Å². The third-order valence-corrected chi connectivity index (χ3v) is 6.13. The largest absolute Gasteiger partial charge is 0.310 e. The average Bonchev–Trinajstić information content (AvgIpc) is 2.63. The van der Waals surface area contributed by atoms with Gasteiger partial charge in [-0.05, 0) is 47.4 Å². The number of halogens is 2. The van der Waals surface area contributed by atoms with E-state index >= 15 is 0 Å². The van der Waals surface area contributed by atoms with Gasteiger partial charge >= 0.3 is 0 Å². The van der Waals surface area contributed by atoms with E-state index in [0.717, 1.165) is 22.4 Å². The van der Waals surface area contributed by atoms with E-state index < -0.39 is 6.63 Å². The van der Waals surface area contributed by atoms with Crippen molar-refractivity contribution in [1.29, 1.82) is 0 Å². The number of rotatable bonds is 4. The zero-order valence-corrected chi connectivity index (χ0v) is 17.6. The van der Waals surface area contributed by atoms with Crippen molar-refractivity contribution in [3.05, 3.63) is 84.4 Å². The Hall–Kier alpha value is -1.53. The number of anilines is 3. The van der Waals surface area contributed by atoms with Crippen molar-refractivity contribution in [3.8, 4) is 0 Å². The molecule has 0 aliphatic carbocycles. The molecule has 0 aliphatic heterocycles. The summed E-state index contributed by atoms with van der Waals surface area (Å²) >= 11 is 12.8. The molecule has 1 nitrogen and oxygen atoms in total. The van der Waals surface area contributed by atoms with Crippen molar-refractivity contribution in [1.82, 2.24) is 0 Å². The van der Waals surface area contributed by atoms with Gasteiger partial charge in [0, 0.05) is 16.7 Å². The normalized spacial score (nSPS) is 11.6. The molecule has 134 valence electrons. The first kappa shape index (κ1) is 19.2. The van der Waals surface area contributed by atoms with Crippen LogP contribution in [0, 0.1) is 0 Å². The highest BCUT2D eigenvalue weighted by atomic mass is 35.9. The van der Waals surface area contributed by atoms with Gasteiger partial charge in [0.2, 0.25) is 0 Å². The Morgan fingerprint density at radius 2 is 1.23 bits per heavy atom. The Kier molecular flexibility index (Phi) is 5.92. The zero-order valence-electron chi connectivity index (χ0n) is 15.2. The van der Waals surface area contributed by atoms with Crippen molar-refractivity contribution in [2.24, 2.45) is 0 Å². The van der Waals surface area contributed by atoms with Crippen LogP contribution in [0.15, 0.2) is 78.9 Å². The molecule has 26 heavy (non-hydrogen) atoms. The molecule has 0 bridgehead atoms. The van der Waals surface area contributed by atoms with Gasteiger partial charge in [-0.25, -0.2) is 0 Å². The van der Waals surface area contributed by atoms with Crippen molar-refractivity contribution in [2.45, 2.75) is 26.2 Å². The molecule has 0 atom stereocenters. The summed E-state index contributed by atoms with van der Waals surface area (Å²) in [6.45, 7) is 5.37. The molecule has 0 radical (unpaired) electrons. The molecular weight excluding hydrogens is 380 g/mol. The van der Waals surface area contributed by atoms with Crippen LogP contribution in [-0.2, 0) is 5.41 Å². The number of hydrogen-bond donors (Lipinski definition) is 0. The summed E-state index contributed by atoms with van der Waals surface area (Å²) in [5.74, 6) is 0. The average molecular weight is 402 g/mol. The van der Waals surface area contributed by atoms with Crippen molar-refractivity contribution >= 4 is 51.5 Å². The van der Waals surface area contributed by atoms with Crippen LogP contribution in [0.4, 0.5) is 17.1 Å². The van der Waals surface area contributed by atoms with Gasteiger partial charge in [-0.3, -0.25) is 0 Å². The fourth-order valence-corrected chi connectivity index (χ4v) is 4.28. The van der Waals surface area contributed by atoms with Crippen LogP contribution in [0.2, 0.25) is 0 Å². The van der Waals surface area contributed by atoms with E-state index in [1.807, 2.05) is 36.4 Å². The fraction of sp³-hybridized carbons (Fsp3) is 0.182. The lowest BCUT2D eigenvalue weighted by atomic mass is 9.87. The third-order valence-electron chi connectivity index (χ3n) is 4.29. The van der Waals surface area contributed by atoms with E-state index in [9.17, 15) is 0 Å². The summed E-state index contributed by atoms with van der Waals surface area (Å²) < 4.78 is 0. The van der Waals surface area contributed by atoms with Crippen LogP contribution in [0.3, 0.4) is 0 Å². The van der Waals surface area contributed by atoms with Gasteiger partial charge in [-0.2, -0.15) is 0 Å². The first-order valence-corrected chi connectivity index (χ1v) is 11.7. The van der Waals surface area contributed by atoms with Crippen LogP contribution in [0.1, 0.15) is 26.3 Å². The minimum atomic E-state index is -1.28. The Labute approximate surface area is 166 Å². The Morgan fingerprint density at radius 3 is 1.65 bits per heavy atom. The van der Waals surface area contributed by atoms with E-state index in [1.165, 1.54) is 5.56 Å². The summed E-state index contributed by atoms with van der Waals surface area (Å²) in [6.07, 6.45) is 0. The minimum Gasteiger partial charge on any atom is -0.310 e. The second-order valence-corrected chi connectivity index (χ2v) is 10.7. The molecule has 0 aromatic heterocycles. The lowest BCUT2D eigenvalue weighted by Crippen LogP contribution is -2.20. The predicted octanol–water partition coefficient (Wildman–Crippen LogP) is 7.87. The first-order valence-electron chi connectivity index (χ1n) is 8.54. The Bertz CT molecular complexity index is 819. The standard InChI is InChI=1S/C22H22Cl2NP/c1-22(2,3)17-14-15-21(26(23)24)20(16-17)25(18-10-6-4-7-11-18)19-12-8-5-9-13-19/h4-16H,1-3H3. The van der Waals surface area contributed by atoms with Gasteiger partial charge in [0.05, 0.1) is 5.69 Å². The second-order valence-electron chi connectivity index (χ2n) is 7.19. The molecule has 0 unspecified atom stereocenters. The number of para-hydroxylation sites is 2. The van der Waals surface area contributed by atoms with Crippen LogP contribution in [0.5, 0.6) is 0 Å². The van der Waals surface area contributed by atoms with Gasteiger partial charge in [0.1, 0.15) is 6.63 Å². The van der Waals surface area contributed by atoms with Gasteiger partial charge in [-0.15, -0.1) is 0 Å². The van der Waals surface area contributed by atoms with Crippen molar-refractivity contribution in [2.75, 3.05) is 4.90 Å². The van der Waals surface area contributed by atoms with Gasteiger partial charge in [0.25, 0.3) is 0 Å². The first-order chi connectivity index (χ1) is 12.4. The number of benzene rings is 3. The van der Waals surface area contributed by atoms with E-state index in [0.29, 0.717) is 0 Å². The van der Waals surface area contributed by atoms with Gasteiger partial charge in [0.15, 0.2) is 0 Å². The minimum absolute atomic E-state index is 0.0354. The lowest BCUT2D eigenvalue weighted by Gasteiger charge is -2.30. The van der Waals surface area contributed by atoms with E-state index in [2.05, 4.69) is 68.1 Å². The van der Waals surface area contributed by atoms with Crippen LogP contribution in [-0.4, -0.2) is 0 Å². The smallest absolute Gasteiger partial charge is 0.119 e. The molecule has 3 aromatic rings. The van der Waals surface area contributed by atoms with Crippen LogP contribution in [0.25, 0.3) is 0 Å². The molecule has 4 heteroatoms. The Morgan fingerprint density at radius 1 is 0.731 bits per heavy atom.